The molecule has 32 heavy (non-hydrogen) atoms. The van der Waals surface area contributed by atoms with E-state index in [-0.39, 0.29) is 17.4 Å². The summed E-state index contributed by atoms with van der Waals surface area (Å²) in [7, 11) is 2.14. The Morgan fingerprint density at radius 3 is 2.44 bits per heavy atom. The smallest absolute Gasteiger partial charge is 0.266 e. The van der Waals surface area contributed by atoms with Crippen LogP contribution in [-0.2, 0) is 0 Å². The molecule has 0 radical (unpaired) electrons. The molecule has 7 heteroatoms. The van der Waals surface area contributed by atoms with Crippen molar-refractivity contribution in [2.45, 2.75) is 38.3 Å². The van der Waals surface area contributed by atoms with Crippen molar-refractivity contribution in [3.63, 3.8) is 0 Å². The molecule has 2 fully saturated rings. The molecule has 3 aliphatic heterocycles. The van der Waals surface area contributed by atoms with Gasteiger partial charge in [-0.2, -0.15) is 0 Å². The van der Waals surface area contributed by atoms with Gasteiger partial charge in [0.15, 0.2) is 0 Å². The number of amides is 3. The van der Waals surface area contributed by atoms with Crippen molar-refractivity contribution < 1.29 is 19.1 Å². The highest BCUT2D eigenvalue weighted by Crippen LogP contribution is 2.32. The van der Waals surface area contributed by atoms with Gasteiger partial charge in [0.25, 0.3) is 17.7 Å². The topological polar surface area (TPSA) is 70.2 Å². The fraction of sp³-hybridized carbons (Fsp3) is 0.400. The van der Waals surface area contributed by atoms with Gasteiger partial charge in [0, 0.05) is 30.7 Å². The van der Waals surface area contributed by atoms with Crippen LogP contribution in [0.25, 0.3) is 0 Å². The number of fused-ring (bicyclic) bond motifs is 3. The summed E-state index contributed by atoms with van der Waals surface area (Å²) in [6.07, 6.45) is 3.27. The van der Waals surface area contributed by atoms with Crippen molar-refractivity contribution in [2.24, 2.45) is 0 Å². The molecule has 0 N–H and O–H groups in total. The van der Waals surface area contributed by atoms with Gasteiger partial charge in [0.1, 0.15) is 5.75 Å². The summed E-state index contributed by atoms with van der Waals surface area (Å²) >= 11 is 0. The van der Waals surface area contributed by atoms with Crippen LogP contribution in [0.4, 0.5) is 5.69 Å². The van der Waals surface area contributed by atoms with Crippen LogP contribution < -0.4 is 9.64 Å². The lowest BCUT2D eigenvalue weighted by Crippen LogP contribution is -2.39. The minimum absolute atomic E-state index is 0.0754. The van der Waals surface area contributed by atoms with E-state index in [4.69, 9.17) is 4.74 Å². The minimum Gasteiger partial charge on any atom is -0.494 e. The molecule has 0 aliphatic carbocycles. The molecule has 5 rings (SSSR count). The number of imide groups is 1. The highest BCUT2D eigenvalue weighted by Gasteiger charge is 2.39. The van der Waals surface area contributed by atoms with E-state index < -0.39 is 5.91 Å². The monoisotopic (exact) mass is 433 g/mol. The van der Waals surface area contributed by atoms with Crippen LogP contribution in [0.2, 0.25) is 0 Å². The van der Waals surface area contributed by atoms with Crippen molar-refractivity contribution in [3.8, 4) is 5.75 Å². The minimum atomic E-state index is -0.404. The van der Waals surface area contributed by atoms with Crippen molar-refractivity contribution in [3.05, 3.63) is 59.2 Å². The Bertz CT molecular complexity index is 1080. The number of benzene rings is 2. The SMILES string of the molecule is CCOc1ccc(N2C(=O)c3ccc(C(=O)N4CCC5CCC(C4)N5C)cc3C2=O)cc1. The van der Waals surface area contributed by atoms with E-state index >= 15 is 0 Å². The van der Waals surface area contributed by atoms with Gasteiger partial charge in [-0.05, 0) is 75.7 Å². The largest absolute Gasteiger partial charge is 0.494 e. The van der Waals surface area contributed by atoms with Gasteiger partial charge in [-0.1, -0.05) is 0 Å². The van der Waals surface area contributed by atoms with Gasteiger partial charge in [-0.15, -0.1) is 0 Å². The Morgan fingerprint density at radius 2 is 1.69 bits per heavy atom. The van der Waals surface area contributed by atoms with Crippen molar-refractivity contribution in [1.29, 1.82) is 0 Å². The molecule has 3 amide bonds. The molecule has 0 saturated carbocycles. The van der Waals surface area contributed by atoms with Gasteiger partial charge >= 0.3 is 0 Å². The van der Waals surface area contributed by atoms with Crippen LogP contribution in [0.5, 0.6) is 5.75 Å². The van der Waals surface area contributed by atoms with E-state index in [1.807, 2.05) is 11.8 Å². The number of hydrogen-bond acceptors (Lipinski definition) is 5. The van der Waals surface area contributed by atoms with Crippen LogP contribution in [0, 0.1) is 0 Å². The second kappa shape index (κ2) is 8.06. The highest BCUT2D eigenvalue weighted by atomic mass is 16.5. The van der Waals surface area contributed by atoms with E-state index in [9.17, 15) is 14.4 Å². The van der Waals surface area contributed by atoms with Gasteiger partial charge in [0.05, 0.1) is 23.4 Å². The fourth-order valence-electron chi connectivity index (χ4n) is 5.14. The zero-order valence-electron chi connectivity index (χ0n) is 18.4. The van der Waals surface area contributed by atoms with Gasteiger partial charge < -0.3 is 9.64 Å². The average Bonchev–Trinajstić information content (AvgIpc) is 3.19. The molecule has 3 heterocycles. The number of ether oxygens (including phenoxy) is 1. The summed E-state index contributed by atoms with van der Waals surface area (Å²) in [6, 6.07) is 12.7. The number of nitrogens with zero attached hydrogens (tertiary/aromatic N) is 3. The van der Waals surface area contributed by atoms with E-state index in [0.29, 0.717) is 54.3 Å². The average molecular weight is 434 g/mol. The fourth-order valence-corrected chi connectivity index (χ4v) is 5.14. The van der Waals surface area contributed by atoms with Crippen LogP contribution in [0.1, 0.15) is 57.3 Å². The Hall–Kier alpha value is -3.19. The second-order valence-electron chi connectivity index (χ2n) is 8.72. The van der Waals surface area contributed by atoms with Crippen LogP contribution in [0.3, 0.4) is 0 Å². The molecule has 2 atom stereocenters. The molecule has 2 unspecified atom stereocenters. The third-order valence-corrected chi connectivity index (χ3v) is 6.98. The van der Waals surface area contributed by atoms with E-state index in [0.717, 1.165) is 17.7 Å². The van der Waals surface area contributed by atoms with E-state index in [1.165, 1.54) is 6.42 Å². The Morgan fingerprint density at radius 1 is 0.969 bits per heavy atom. The Labute approximate surface area is 187 Å². The van der Waals surface area contributed by atoms with Gasteiger partial charge in [-0.25, -0.2) is 4.90 Å². The van der Waals surface area contributed by atoms with Gasteiger partial charge in [-0.3, -0.25) is 19.3 Å². The second-order valence-corrected chi connectivity index (χ2v) is 8.72. The van der Waals surface area contributed by atoms with Crippen molar-refractivity contribution >= 4 is 23.4 Å². The number of hydrogen-bond donors (Lipinski definition) is 0. The summed E-state index contributed by atoms with van der Waals surface area (Å²) in [4.78, 5) is 44.8. The van der Waals surface area contributed by atoms with Crippen LogP contribution >= 0.6 is 0 Å². The molecule has 2 bridgehead atoms. The molecular weight excluding hydrogens is 406 g/mol. The summed E-state index contributed by atoms with van der Waals surface area (Å²) in [5, 5.41) is 0. The van der Waals surface area contributed by atoms with E-state index in [2.05, 4.69) is 11.9 Å². The lowest BCUT2D eigenvalue weighted by atomic mass is 10.0. The molecule has 2 aromatic carbocycles. The maximum Gasteiger partial charge on any atom is 0.266 e. The molecule has 7 nitrogen and oxygen atoms in total. The summed E-state index contributed by atoms with van der Waals surface area (Å²) in [5.41, 5.74) is 1.55. The number of carbonyl (C=O) groups excluding carboxylic acids is 3. The molecule has 166 valence electrons. The first-order valence-electron chi connectivity index (χ1n) is 11.2. The highest BCUT2D eigenvalue weighted by molar-refractivity contribution is 6.34. The number of rotatable bonds is 4. The van der Waals surface area contributed by atoms with E-state index in [1.54, 1.807) is 42.5 Å². The first-order chi connectivity index (χ1) is 15.5. The van der Waals surface area contributed by atoms with Crippen LogP contribution in [0.15, 0.2) is 42.5 Å². The molecule has 2 aromatic rings. The summed E-state index contributed by atoms with van der Waals surface area (Å²) in [5.74, 6) is -0.175. The number of carbonyl (C=O) groups is 3. The zero-order valence-corrected chi connectivity index (χ0v) is 18.4. The lowest BCUT2D eigenvalue weighted by molar-refractivity contribution is 0.0739. The standard InChI is InChI=1S/C25H27N3O4/c1-3-32-20-9-7-18(8-10-20)28-24(30)21-11-4-16(14-22(21)25(28)31)23(29)27-13-12-17-5-6-19(15-27)26(17)2/h4,7-11,14,17,19H,3,5-6,12-13,15H2,1-2H3. The molecule has 3 aliphatic rings. The van der Waals surface area contributed by atoms with Gasteiger partial charge in [0.2, 0.25) is 0 Å². The predicted molar refractivity (Wildman–Crippen MR) is 120 cm³/mol. The predicted octanol–water partition coefficient (Wildman–Crippen LogP) is 3.19. The number of likely N-dealkylation sites (N-methyl/N-ethyl adjacent to an activating group) is 1. The first-order valence-corrected chi connectivity index (χ1v) is 11.2. The summed E-state index contributed by atoms with van der Waals surface area (Å²) < 4.78 is 5.44. The zero-order chi connectivity index (χ0) is 22.4. The summed E-state index contributed by atoms with van der Waals surface area (Å²) in [6.45, 7) is 3.85. The Kier molecular flexibility index (Phi) is 5.21. The third kappa shape index (κ3) is 3.37. The number of likely N-dealkylation sites (tertiary alicyclic amines) is 1. The first kappa shape index (κ1) is 20.7. The molecular formula is C25H27N3O4. The van der Waals surface area contributed by atoms with Crippen LogP contribution in [-0.4, -0.2) is 66.3 Å². The lowest BCUT2D eigenvalue weighted by Gasteiger charge is -2.26. The third-order valence-electron chi connectivity index (χ3n) is 6.98. The molecule has 2 saturated heterocycles. The van der Waals surface area contributed by atoms with Crippen molar-refractivity contribution in [1.82, 2.24) is 9.80 Å². The molecule has 0 aromatic heterocycles. The Balaban J connectivity index is 1.38. The quantitative estimate of drug-likeness (QED) is 0.693. The normalized spacial score (nSPS) is 22.8. The maximum atomic E-state index is 13.3. The maximum absolute atomic E-state index is 13.3. The number of anilines is 1. The molecule has 0 spiro atoms. The van der Waals surface area contributed by atoms with Crippen molar-refractivity contribution in [2.75, 3.05) is 31.6 Å².